The highest BCUT2D eigenvalue weighted by Gasteiger charge is 2.55. The van der Waals surface area contributed by atoms with Crippen LogP contribution in [0.4, 0.5) is 0 Å². The van der Waals surface area contributed by atoms with Gasteiger partial charge in [-0.2, -0.15) is 0 Å². The zero-order chi connectivity index (χ0) is 10.3. The summed E-state index contributed by atoms with van der Waals surface area (Å²) in [5, 5.41) is 0. The average Bonchev–Trinajstić information content (AvgIpc) is 2.51. The van der Waals surface area contributed by atoms with Gasteiger partial charge in [0.1, 0.15) is 26.2 Å². The third kappa shape index (κ3) is 1.76. The van der Waals surface area contributed by atoms with Gasteiger partial charge in [0.05, 0.1) is 12.6 Å². The number of hydrogen-bond donors (Lipinski definition) is 1. The number of phosphoric acid groups is 1. The van der Waals surface area contributed by atoms with Gasteiger partial charge in [0.15, 0.2) is 0 Å². The summed E-state index contributed by atoms with van der Waals surface area (Å²) in [6.45, 7) is 0.328. The molecule has 80 valence electrons. The van der Waals surface area contributed by atoms with Crippen LogP contribution in [0.15, 0.2) is 0 Å². The summed E-state index contributed by atoms with van der Waals surface area (Å²) >= 11 is 0. The van der Waals surface area contributed by atoms with Crippen molar-refractivity contribution in [3.8, 4) is 0 Å². The SMILES string of the molecule is B[C@@H]1O[C@H](COC)[C@@H]2OP(=O)(O)OC12. The fraction of sp³-hybridized carbons (Fsp3) is 1.00. The molecule has 2 rings (SSSR count). The van der Waals surface area contributed by atoms with Crippen molar-refractivity contribution < 1.29 is 28.0 Å². The standard InChI is InChI=1S/C6H12BO6P/c1-10-2-3-4-5(6(7)11-3)13-14(8,9)12-4/h3-6H,2,7H2,1H3,(H,8,9)/t3-,4+,5?,6-/m1/s1. The van der Waals surface area contributed by atoms with E-state index in [2.05, 4.69) is 0 Å². The first-order valence-corrected chi connectivity index (χ1v) is 5.87. The summed E-state index contributed by atoms with van der Waals surface area (Å²) in [4.78, 5) is 9.12. The van der Waals surface area contributed by atoms with E-state index in [1.165, 1.54) is 7.11 Å². The monoisotopic (exact) mass is 222 g/mol. The quantitative estimate of drug-likeness (QED) is 0.471. The zero-order valence-electron chi connectivity index (χ0n) is 7.95. The smallest absolute Gasteiger partial charge is 0.382 e. The van der Waals surface area contributed by atoms with Gasteiger partial charge >= 0.3 is 7.82 Å². The van der Waals surface area contributed by atoms with Gasteiger partial charge in [0.2, 0.25) is 0 Å². The molecule has 2 aliphatic rings. The van der Waals surface area contributed by atoms with Crippen LogP contribution in [-0.4, -0.2) is 50.8 Å². The molecule has 14 heavy (non-hydrogen) atoms. The lowest BCUT2D eigenvalue weighted by atomic mass is 9.93. The number of methoxy groups -OCH3 is 1. The van der Waals surface area contributed by atoms with Crippen molar-refractivity contribution in [2.24, 2.45) is 0 Å². The van der Waals surface area contributed by atoms with Crippen molar-refractivity contribution >= 4 is 15.7 Å². The number of phosphoric ester groups is 1. The molecule has 2 saturated heterocycles. The zero-order valence-corrected chi connectivity index (χ0v) is 8.85. The second-order valence-corrected chi connectivity index (χ2v) is 4.80. The molecule has 0 aromatic carbocycles. The average molecular weight is 222 g/mol. The van der Waals surface area contributed by atoms with Crippen LogP contribution >= 0.6 is 7.82 Å². The first-order valence-electron chi connectivity index (χ1n) is 4.37. The molecule has 2 fully saturated rings. The Morgan fingerprint density at radius 2 is 2.14 bits per heavy atom. The van der Waals surface area contributed by atoms with Gasteiger partial charge in [-0.1, -0.05) is 0 Å². The van der Waals surface area contributed by atoms with E-state index in [1.807, 2.05) is 0 Å². The summed E-state index contributed by atoms with van der Waals surface area (Å²) in [5.74, 6) is 0. The third-order valence-corrected chi connectivity index (χ3v) is 3.40. The summed E-state index contributed by atoms with van der Waals surface area (Å²) < 4.78 is 31.3. The molecule has 6 nitrogen and oxygen atoms in total. The van der Waals surface area contributed by atoms with Gasteiger partial charge in [-0.15, -0.1) is 0 Å². The molecule has 0 aromatic rings. The fourth-order valence-electron chi connectivity index (χ4n) is 1.81. The Hall–Kier alpha value is 0.0949. The van der Waals surface area contributed by atoms with Crippen LogP contribution in [0, 0.1) is 0 Å². The van der Waals surface area contributed by atoms with E-state index in [0.29, 0.717) is 6.61 Å². The first kappa shape index (κ1) is 10.6. The van der Waals surface area contributed by atoms with Gasteiger partial charge in [0.25, 0.3) is 0 Å². The first-order chi connectivity index (χ1) is 6.53. The Morgan fingerprint density at radius 1 is 1.50 bits per heavy atom. The fourth-order valence-corrected chi connectivity index (χ4v) is 3.03. The number of fused-ring (bicyclic) bond motifs is 1. The molecule has 0 saturated carbocycles. The Balaban J connectivity index is 2.10. The van der Waals surface area contributed by atoms with E-state index >= 15 is 0 Å². The molecule has 8 heteroatoms. The van der Waals surface area contributed by atoms with Crippen molar-refractivity contribution in [3.63, 3.8) is 0 Å². The number of hydrogen-bond acceptors (Lipinski definition) is 5. The maximum atomic E-state index is 11.1. The van der Waals surface area contributed by atoms with Crippen LogP contribution in [0.3, 0.4) is 0 Å². The van der Waals surface area contributed by atoms with E-state index in [9.17, 15) is 4.57 Å². The van der Waals surface area contributed by atoms with Crippen molar-refractivity contribution in [2.45, 2.75) is 24.3 Å². The van der Waals surface area contributed by atoms with Crippen molar-refractivity contribution in [1.29, 1.82) is 0 Å². The minimum atomic E-state index is -3.85. The molecule has 0 amide bonds. The summed E-state index contributed by atoms with van der Waals surface area (Å²) in [7, 11) is -0.538. The predicted octanol–water partition coefficient (Wildman–Crippen LogP) is -1.12. The molecular formula is C6H12BO6P. The minimum Gasteiger partial charge on any atom is -0.382 e. The predicted molar refractivity (Wildman–Crippen MR) is 48.7 cm³/mol. The highest BCUT2D eigenvalue weighted by Crippen LogP contribution is 2.56. The van der Waals surface area contributed by atoms with Gasteiger partial charge in [-0.05, 0) is 0 Å². The molecule has 0 bridgehead atoms. The van der Waals surface area contributed by atoms with Gasteiger partial charge in [-0.3, -0.25) is 9.05 Å². The molecule has 1 N–H and O–H groups in total. The lowest BCUT2D eigenvalue weighted by Gasteiger charge is -2.15. The van der Waals surface area contributed by atoms with Crippen LogP contribution in [0.1, 0.15) is 0 Å². The highest BCUT2D eigenvalue weighted by atomic mass is 31.2. The molecule has 0 aliphatic carbocycles. The molecule has 2 aliphatic heterocycles. The molecular weight excluding hydrogens is 210 g/mol. The maximum Gasteiger partial charge on any atom is 0.473 e. The maximum absolute atomic E-state index is 11.1. The molecule has 5 atom stereocenters. The Labute approximate surface area is 82.5 Å². The molecule has 2 unspecified atom stereocenters. The summed E-state index contributed by atoms with van der Waals surface area (Å²) in [5.41, 5.74) is 0. The van der Waals surface area contributed by atoms with Crippen LogP contribution in [-0.2, 0) is 23.1 Å². The van der Waals surface area contributed by atoms with Gasteiger partial charge in [-0.25, -0.2) is 4.57 Å². The third-order valence-electron chi connectivity index (χ3n) is 2.38. The Kier molecular flexibility index (Phi) is 2.72. The van der Waals surface area contributed by atoms with E-state index < -0.39 is 20.0 Å². The molecule has 0 radical (unpaired) electrons. The van der Waals surface area contributed by atoms with Crippen molar-refractivity contribution in [2.75, 3.05) is 13.7 Å². The van der Waals surface area contributed by atoms with E-state index in [1.54, 1.807) is 7.85 Å². The van der Waals surface area contributed by atoms with Crippen LogP contribution in [0.2, 0.25) is 0 Å². The van der Waals surface area contributed by atoms with E-state index in [0.717, 1.165) is 0 Å². The van der Waals surface area contributed by atoms with Crippen molar-refractivity contribution in [1.82, 2.24) is 0 Å². The van der Waals surface area contributed by atoms with E-state index in [4.69, 9.17) is 23.4 Å². The minimum absolute atomic E-state index is 0.247. The Bertz CT molecular complexity index is 273. The summed E-state index contributed by atoms with van der Waals surface area (Å²) in [6.07, 6.45) is -1.30. The van der Waals surface area contributed by atoms with Crippen LogP contribution in [0.5, 0.6) is 0 Å². The van der Waals surface area contributed by atoms with E-state index in [-0.39, 0.29) is 12.1 Å². The number of ether oxygens (including phenoxy) is 2. The largest absolute Gasteiger partial charge is 0.473 e. The summed E-state index contributed by atoms with van der Waals surface area (Å²) in [6, 6.07) is -0.247. The number of rotatable bonds is 2. The lowest BCUT2D eigenvalue weighted by Crippen LogP contribution is -2.31. The molecule has 0 spiro atoms. The van der Waals surface area contributed by atoms with Crippen LogP contribution < -0.4 is 0 Å². The second-order valence-electron chi connectivity index (χ2n) is 3.44. The normalized spacial score (nSPS) is 52.1. The van der Waals surface area contributed by atoms with Gasteiger partial charge in [0, 0.05) is 7.11 Å². The van der Waals surface area contributed by atoms with Crippen LogP contribution in [0.25, 0.3) is 0 Å². The second kappa shape index (κ2) is 3.59. The highest BCUT2D eigenvalue weighted by molar-refractivity contribution is 7.47. The van der Waals surface area contributed by atoms with Crippen molar-refractivity contribution in [3.05, 3.63) is 0 Å². The Morgan fingerprint density at radius 3 is 2.79 bits per heavy atom. The molecule has 0 aromatic heterocycles. The molecule has 2 heterocycles. The lowest BCUT2D eigenvalue weighted by molar-refractivity contribution is -0.0157. The van der Waals surface area contributed by atoms with Gasteiger partial charge < -0.3 is 14.4 Å². The topological polar surface area (TPSA) is 74.2 Å².